The molecular formula is C23H21ClFN5O3. The topological polar surface area (TPSA) is 112 Å². The van der Waals surface area contributed by atoms with Gasteiger partial charge in [0.1, 0.15) is 17.3 Å². The second kappa shape index (κ2) is 9.85. The number of halogens is 2. The van der Waals surface area contributed by atoms with Crippen molar-refractivity contribution in [3.63, 3.8) is 0 Å². The molecule has 0 unspecified atom stereocenters. The number of hydrogen-bond acceptors (Lipinski definition) is 6. The number of fused-ring (bicyclic) bond motifs is 1. The number of carbonyl (C=O) groups is 1. The molecular weight excluding hydrogens is 449 g/mol. The largest absolute Gasteiger partial charge is 0.477 e. The molecule has 0 radical (unpaired) electrons. The van der Waals surface area contributed by atoms with Crippen molar-refractivity contribution in [2.24, 2.45) is 0 Å². The smallest absolute Gasteiger partial charge is 0.352 e. The van der Waals surface area contributed by atoms with Crippen LogP contribution in [0.15, 0.2) is 48.7 Å². The first kappa shape index (κ1) is 22.5. The Morgan fingerprint density at radius 1 is 1.24 bits per heavy atom. The summed E-state index contributed by atoms with van der Waals surface area (Å²) in [5.41, 5.74) is 2.96. The molecule has 4 rings (SSSR count). The van der Waals surface area contributed by atoms with Crippen LogP contribution in [0.2, 0.25) is 5.02 Å². The van der Waals surface area contributed by atoms with Crippen LogP contribution in [0, 0.1) is 5.82 Å². The van der Waals surface area contributed by atoms with E-state index in [4.69, 9.17) is 16.3 Å². The highest BCUT2D eigenvalue weighted by molar-refractivity contribution is 6.31. The number of rotatable bonds is 9. The van der Waals surface area contributed by atoms with Gasteiger partial charge in [-0.1, -0.05) is 17.7 Å². The van der Waals surface area contributed by atoms with Crippen LogP contribution >= 0.6 is 11.6 Å². The SMILES string of the molecule is COCCCNc1nc(Nc2ccc(F)c(Cl)c2)ncc1-c1ccc2[nH]c(C(=O)O)cc2c1. The lowest BCUT2D eigenvalue weighted by Crippen LogP contribution is -2.09. The van der Waals surface area contributed by atoms with Crippen molar-refractivity contribution < 1.29 is 19.0 Å². The number of carboxylic acids is 1. The van der Waals surface area contributed by atoms with Crippen LogP contribution in [-0.2, 0) is 4.74 Å². The minimum Gasteiger partial charge on any atom is -0.477 e. The van der Waals surface area contributed by atoms with E-state index < -0.39 is 11.8 Å². The predicted octanol–water partition coefficient (Wildman–Crippen LogP) is 5.31. The van der Waals surface area contributed by atoms with Crippen LogP contribution in [0.3, 0.4) is 0 Å². The summed E-state index contributed by atoms with van der Waals surface area (Å²) in [4.78, 5) is 23.1. The Balaban J connectivity index is 1.67. The number of ether oxygens (including phenoxy) is 1. The summed E-state index contributed by atoms with van der Waals surface area (Å²) < 4.78 is 18.6. The summed E-state index contributed by atoms with van der Waals surface area (Å²) in [6.07, 6.45) is 2.44. The zero-order chi connectivity index (χ0) is 23.4. The third-order valence-corrected chi connectivity index (χ3v) is 5.23. The first-order valence-electron chi connectivity index (χ1n) is 10.1. The highest BCUT2D eigenvalue weighted by Gasteiger charge is 2.13. The fourth-order valence-electron chi connectivity index (χ4n) is 3.33. The van der Waals surface area contributed by atoms with Gasteiger partial charge in [0.05, 0.1) is 5.02 Å². The fourth-order valence-corrected chi connectivity index (χ4v) is 3.51. The molecule has 2 heterocycles. The van der Waals surface area contributed by atoms with Crippen LogP contribution in [0.25, 0.3) is 22.0 Å². The van der Waals surface area contributed by atoms with E-state index >= 15 is 0 Å². The van der Waals surface area contributed by atoms with Crippen molar-refractivity contribution in [1.82, 2.24) is 15.0 Å². The molecule has 2 aromatic carbocycles. The lowest BCUT2D eigenvalue weighted by atomic mass is 10.1. The minimum absolute atomic E-state index is 0.00457. The first-order valence-corrected chi connectivity index (χ1v) is 10.5. The van der Waals surface area contributed by atoms with Crippen molar-refractivity contribution in [2.75, 3.05) is 30.9 Å². The van der Waals surface area contributed by atoms with Gasteiger partial charge in [0.15, 0.2) is 0 Å². The zero-order valence-corrected chi connectivity index (χ0v) is 18.4. The van der Waals surface area contributed by atoms with Gasteiger partial charge in [-0.15, -0.1) is 0 Å². The molecule has 0 aliphatic rings. The predicted molar refractivity (Wildman–Crippen MR) is 126 cm³/mol. The van der Waals surface area contributed by atoms with Crippen LogP contribution in [0.5, 0.6) is 0 Å². The standard InChI is InChI=1S/C23H21ClFN5O3/c1-33-8-2-7-26-21-16(13-3-6-19-14(9-13)10-20(29-19)22(31)32)12-27-23(30-21)28-15-4-5-18(25)17(24)11-15/h3-6,9-12,29H,2,7-8H2,1H3,(H,31,32)(H2,26,27,28,30). The molecule has 0 atom stereocenters. The van der Waals surface area contributed by atoms with Crippen LogP contribution in [0.1, 0.15) is 16.9 Å². The molecule has 0 spiro atoms. The third kappa shape index (κ3) is 5.21. The minimum atomic E-state index is -1.02. The van der Waals surface area contributed by atoms with Crippen molar-refractivity contribution in [2.45, 2.75) is 6.42 Å². The summed E-state index contributed by atoms with van der Waals surface area (Å²) in [5.74, 6) is -0.630. The summed E-state index contributed by atoms with van der Waals surface area (Å²) in [6.45, 7) is 1.22. The molecule has 4 N–H and O–H groups in total. The van der Waals surface area contributed by atoms with Gasteiger partial charge >= 0.3 is 5.97 Å². The second-order valence-electron chi connectivity index (χ2n) is 7.27. The van der Waals surface area contributed by atoms with E-state index in [9.17, 15) is 14.3 Å². The monoisotopic (exact) mass is 469 g/mol. The van der Waals surface area contributed by atoms with E-state index in [1.165, 1.54) is 12.1 Å². The molecule has 4 aromatic rings. The molecule has 0 saturated carbocycles. The van der Waals surface area contributed by atoms with Gasteiger partial charge in [-0.3, -0.25) is 0 Å². The number of aromatic carboxylic acids is 1. The highest BCUT2D eigenvalue weighted by Crippen LogP contribution is 2.31. The Morgan fingerprint density at radius 2 is 2.09 bits per heavy atom. The Hall–Kier alpha value is -3.69. The van der Waals surface area contributed by atoms with E-state index in [0.717, 1.165) is 28.5 Å². The maximum atomic E-state index is 13.5. The number of nitrogens with zero attached hydrogens (tertiary/aromatic N) is 2. The molecule has 10 heteroatoms. The molecule has 0 fully saturated rings. The number of H-pyrrole nitrogens is 1. The Bertz CT molecular complexity index is 1310. The number of nitrogens with one attached hydrogen (secondary N) is 3. The number of aromatic nitrogens is 3. The summed E-state index contributed by atoms with van der Waals surface area (Å²) in [6, 6.07) is 11.4. The molecule has 0 saturated heterocycles. The molecule has 33 heavy (non-hydrogen) atoms. The summed E-state index contributed by atoms with van der Waals surface area (Å²) in [7, 11) is 1.64. The van der Waals surface area contributed by atoms with Gasteiger partial charge in [-0.05, 0) is 48.4 Å². The van der Waals surface area contributed by atoms with Gasteiger partial charge in [0.25, 0.3) is 0 Å². The van der Waals surface area contributed by atoms with Crippen LogP contribution in [0.4, 0.5) is 21.8 Å². The molecule has 2 aromatic heterocycles. The fraction of sp³-hybridized carbons (Fsp3) is 0.174. The molecule has 0 amide bonds. The van der Waals surface area contributed by atoms with Gasteiger partial charge < -0.3 is 25.5 Å². The molecule has 0 aliphatic heterocycles. The number of benzene rings is 2. The van der Waals surface area contributed by atoms with E-state index in [0.29, 0.717) is 30.6 Å². The molecule has 170 valence electrons. The normalized spacial score (nSPS) is 11.0. The molecule has 0 bridgehead atoms. The summed E-state index contributed by atoms with van der Waals surface area (Å²) in [5, 5.41) is 16.3. The number of methoxy groups -OCH3 is 1. The Morgan fingerprint density at radius 3 is 2.85 bits per heavy atom. The number of carboxylic acid groups (broad SMARTS) is 1. The number of anilines is 3. The number of aromatic amines is 1. The molecule has 8 nitrogen and oxygen atoms in total. The first-order chi connectivity index (χ1) is 15.9. The zero-order valence-electron chi connectivity index (χ0n) is 17.7. The van der Waals surface area contributed by atoms with Crippen molar-refractivity contribution >= 4 is 45.9 Å². The van der Waals surface area contributed by atoms with Gasteiger partial charge in [0.2, 0.25) is 5.95 Å². The van der Waals surface area contributed by atoms with Crippen molar-refractivity contribution in [3.05, 3.63) is 65.2 Å². The average Bonchev–Trinajstić information content (AvgIpc) is 3.23. The van der Waals surface area contributed by atoms with Crippen molar-refractivity contribution in [3.8, 4) is 11.1 Å². The van der Waals surface area contributed by atoms with Crippen LogP contribution < -0.4 is 10.6 Å². The molecule has 0 aliphatic carbocycles. The van der Waals surface area contributed by atoms with E-state index in [2.05, 4.69) is 25.6 Å². The maximum absolute atomic E-state index is 13.5. The average molecular weight is 470 g/mol. The number of hydrogen-bond donors (Lipinski definition) is 4. The van der Waals surface area contributed by atoms with Gasteiger partial charge in [0, 0.05) is 48.6 Å². The summed E-state index contributed by atoms with van der Waals surface area (Å²) >= 11 is 5.86. The van der Waals surface area contributed by atoms with E-state index in [-0.39, 0.29) is 10.7 Å². The third-order valence-electron chi connectivity index (χ3n) is 4.94. The Kier molecular flexibility index (Phi) is 6.71. The van der Waals surface area contributed by atoms with Gasteiger partial charge in [-0.2, -0.15) is 4.98 Å². The van der Waals surface area contributed by atoms with Crippen molar-refractivity contribution in [1.29, 1.82) is 0 Å². The quantitative estimate of drug-likeness (QED) is 0.246. The van der Waals surface area contributed by atoms with Crippen LogP contribution in [-0.4, -0.2) is 46.3 Å². The second-order valence-corrected chi connectivity index (χ2v) is 7.68. The van der Waals surface area contributed by atoms with Gasteiger partial charge in [-0.25, -0.2) is 14.2 Å². The lowest BCUT2D eigenvalue weighted by molar-refractivity contribution is 0.0691. The Labute approximate surface area is 193 Å². The highest BCUT2D eigenvalue weighted by atomic mass is 35.5. The van der Waals surface area contributed by atoms with E-state index in [1.54, 1.807) is 25.4 Å². The maximum Gasteiger partial charge on any atom is 0.352 e. The lowest BCUT2D eigenvalue weighted by Gasteiger charge is -2.13. The van der Waals surface area contributed by atoms with E-state index in [1.807, 2.05) is 18.2 Å².